The SMILES string of the molecule is Nc1cc(N)cc(C(=O)c2c(N)ccc(N)c2C(=O)c2cc(N)cc(N)c2)c1. The Balaban J connectivity index is 2.21. The zero-order valence-corrected chi connectivity index (χ0v) is 14.9. The van der Waals surface area contributed by atoms with Crippen molar-refractivity contribution >= 4 is 45.7 Å². The lowest BCUT2D eigenvalue weighted by Crippen LogP contribution is -2.17. The molecule has 0 amide bonds. The van der Waals surface area contributed by atoms with Gasteiger partial charge in [-0.25, -0.2) is 0 Å². The first kappa shape index (κ1) is 18.6. The number of anilines is 6. The first-order chi connectivity index (χ1) is 13.2. The summed E-state index contributed by atoms with van der Waals surface area (Å²) in [4.78, 5) is 26.3. The molecule has 0 unspecified atom stereocenters. The minimum Gasteiger partial charge on any atom is -0.399 e. The molecule has 28 heavy (non-hydrogen) atoms. The van der Waals surface area contributed by atoms with Crippen LogP contribution < -0.4 is 34.4 Å². The molecule has 0 radical (unpaired) electrons. The Morgan fingerprint density at radius 2 is 0.786 bits per heavy atom. The van der Waals surface area contributed by atoms with Gasteiger partial charge in [0.1, 0.15) is 0 Å². The van der Waals surface area contributed by atoms with Crippen LogP contribution in [0.1, 0.15) is 31.8 Å². The highest BCUT2D eigenvalue weighted by Gasteiger charge is 2.25. The van der Waals surface area contributed by atoms with Gasteiger partial charge in [-0.15, -0.1) is 0 Å². The number of carbonyl (C=O) groups excluding carboxylic acids is 2. The highest BCUT2D eigenvalue weighted by Crippen LogP contribution is 2.30. The molecule has 0 bridgehead atoms. The first-order valence-electron chi connectivity index (χ1n) is 8.27. The smallest absolute Gasteiger partial charge is 0.196 e. The Kier molecular flexibility index (Phi) is 4.54. The van der Waals surface area contributed by atoms with Crippen LogP contribution in [0, 0.1) is 0 Å². The van der Waals surface area contributed by atoms with Crippen molar-refractivity contribution in [1.82, 2.24) is 0 Å². The van der Waals surface area contributed by atoms with Gasteiger partial charge in [-0.1, -0.05) is 0 Å². The van der Waals surface area contributed by atoms with Crippen LogP contribution in [-0.2, 0) is 0 Å². The second kappa shape index (κ2) is 6.84. The molecule has 8 nitrogen and oxygen atoms in total. The van der Waals surface area contributed by atoms with Gasteiger partial charge in [0.15, 0.2) is 11.6 Å². The summed E-state index contributed by atoms with van der Waals surface area (Å²) in [6, 6.07) is 11.8. The Labute approximate surface area is 161 Å². The third-order valence-corrected chi connectivity index (χ3v) is 4.20. The molecule has 0 aliphatic heterocycles. The number of hydrogen-bond donors (Lipinski definition) is 6. The molecule has 0 spiro atoms. The maximum Gasteiger partial charge on any atom is 0.196 e. The van der Waals surface area contributed by atoms with Gasteiger partial charge in [-0.3, -0.25) is 9.59 Å². The van der Waals surface area contributed by atoms with E-state index in [4.69, 9.17) is 34.4 Å². The summed E-state index contributed by atoms with van der Waals surface area (Å²) in [6.45, 7) is 0. The summed E-state index contributed by atoms with van der Waals surface area (Å²) in [5, 5.41) is 0. The average Bonchev–Trinajstić information content (AvgIpc) is 2.60. The quantitative estimate of drug-likeness (QED) is 0.292. The predicted molar refractivity (Wildman–Crippen MR) is 113 cm³/mol. The van der Waals surface area contributed by atoms with E-state index in [2.05, 4.69) is 0 Å². The summed E-state index contributed by atoms with van der Waals surface area (Å²) >= 11 is 0. The van der Waals surface area contributed by atoms with E-state index in [-0.39, 0.29) is 33.6 Å². The fourth-order valence-corrected chi connectivity index (χ4v) is 3.03. The molecule has 0 aliphatic rings. The molecule has 8 heteroatoms. The molecular weight excluding hydrogens is 356 g/mol. The van der Waals surface area contributed by atoms with Crippen LogP contribution in [0.5, 0.6) is 0 Å². The van der Waals surface area contributed by atoms with Gasteiger partial charge in [-0.2, -0.15) is 0 Å². The molecule has 12 N–H and O–H groups in total. The standard InChI is InChI=1S/C20H20N6O2/c21-11-3-9(4-12(22)7-11)19(27)17-15(25)1-2-16(26)18(17)20(28)10-5-13(23)8-14(24)6-10/h1-8H,21-26H2. The molecule has 3 aromatic carbocycles. The minimum atomic E-state index is -0.524. The Hall–Kier alpha value is -4.20. The molecule has 0 heterocycles. The highest BCUT2D eigenvalue weighted by atomic mass is 16.1. The number of nitrogen functional groups attached to an aromatic ring is 6. The van der Waals surface area contributed by atoms with Gasteiger partial charge in [0.25, 0.3) is 0 Å². The van der Waals surface area contributed by atoms with Crippen LogP contribution >= 0.6 is 0 Å². The second-order valence-corrected chi connectivity index (χ2v) is 6.43. The molecule has 0 saturated heterocycles. The van der Waals surface area contributed by atoms with E-state index < -0.39 is 11.6 Å². The minimum absolute atomic E-state index is 0.0315. The average molecular weight is 376 g/mol. The zero-order valence-electron chi connectivity index (χ0n) is 14.9. The van der Waals surface area contributed by atoms with Gasteiger partial charge in [0.05, 0.1) is 11.1 Å². The van der Waals surface area contributed by atoms with Crippen LogP contribution in [0.3, 0.4) is 0 Å². The Morgan fingerprint density at radius 3 is 1.07 bits per heavy atom. The van der Waals surface area contributed by atoms with E-state index in [0.717, 1.165) is 0 Å². The molecule has 0 aliphatic carbocycles. The van der Waals surface area contributed by atoms with Crippen molar-refractivity contribution in [3.05, 3.63) is 70.8 Å². The van der Waals surface area contributed by atoms with Gasteiger partial charge in [0, 0.05) is 45.3 Å². The maximum absolute atomic E-state index is 13.2. The molecule has 0 aromatic heterocycles. The molecule has 0 fully saturated rings. The fraction of sp³-hybridized carbons (Fsp3) is 0. The second-order valence-electron chi connectivity index (χ2n) is 6.43. The van der Waals surface area contributed by atoms with Gasteiger partial charge >= 0.3 is 0 Å². The van der Waals surface area contributed by atoms with Crippen molar-refractivity contribution in [2.75, 3.05) is 34.4 Å². The van der Waals surface area contributed by atoms with Crippen molar-refractivity contribution in [3.63, 3.8) is 0 Å². The molecule has 3 aromatic rings. The number of carbonyl (C=O) groups is 2. The highest BCUT2D eigenvalue weighted by molar-refractivity contribution is 6.24. The first-order valence-corrected chi connectivity index (χ1v) is 8.27. The Morgan fingerprint density at radius 1 is 0.500 bits per heavy atom. The topological polar surface area (TPSA) is 190 Å². The van der Waals surface area contributed by atoms with Crippen LogP contribution in [-0.4, -0.2) is 11.6 Å². The zero-order chi connectivity index (χ0) is 20.6. The van der Waals surface area contributed by atoms with Crippen molar-refractivity contribution in [1.29, 1.82) is 0 Å². The van der Waals surface area contributed by atoms with Crippen LogP contribution in [0.15, 0.2) is 48.5 Å². The summed E-state index contributed by atoms with van der Waals surface area (Å²) in [5.41, 5.74) is 37.0. The summed E-state index contributed by atoms with van der Waals surface area (Å²) in [6.07, 6.45) is 0. The number of benzene rings is 3. The Bertz CT molecular complexity index is 995. The van der Waals surface area contributed by atoms with Crippen LogP contribution in [0.4, 0.5) is 34.1 Å². The normalized spacial score (nSPS) is 10.6. The lowest BCUT2D eigenvalue weighted by Gasteiger charge is -2.15. The van der Waals surface area contributed by atoms with Crippen LogP contribution in [0.2, 0.25) is 0 Å². The van der Waals surface area contributed by atoms with Gasteiger partial charge in [0.2, 0.25) is 0 Å². The predicted octanol–water partition coefficient (Wildman–Crippen LogP) is 1.64. The van der Waals surface area contributed by atoms with E-state index in [1.54, 1.807) is 0 Å². The van der Waals surface area contributed by atoms with Crippen molar-refractivity contribution in [3.8, 4) is 0 Å². The number of ketones is 2. The van der Waals surface area contributed by atoms with Gasteiger partial charge in [-0.05, 0) is 48.5 Å². The monoisotopic (exact) mass is 376 g/mol. The van der Waals surface area contributed by atoms with Gasteiger partial charge < -0.3 is 34.4 Å². The third-order valence-electron chi connectivity index (χ3n) is 4.20. The number of nitrogens with two attached hydrogens (primary N) is 6. The molecular formula is C20H20N6O2. The lowest BCUT2D eigenvalue weighted by atomic mass is 9.90. The van der Waals surface area contributed by atoms with Crippen molar-refractivity contribution in [2.45, 2.75) is 0 Å². The number of rotatable bonds is 4. The molecule has 142 valence electrons. The van der Waals surface area contributed by atoms with E-state index in [1.807, 2.05) is 0 Å². The van der Waals surface area contributed by atoms with Crippen molar-refractivity contribution < 1.29 is 9.59 Å². The van der Waals surface area contributed by atoms with E-state index >= 15 is 0 Å². The third kappa shape index (κ3) is 3.38. The van der Waals surface area contributed by atoms with E-state index in [1.165, 1.54) is 48.5 Å². The summed E-state index contributed by atoms with van der Waals surface area (Å²) in [7, 11) is 0. The fourth-order valence-electron chi connectivity index (χ4n) is 3.03. The van der Waals surface area contributed by atoms with E-state index in [9.17, 15) is 9.59 Å². The van der Waals surface area contributed by atoms with Crippen molar-refractivity contribution in [2.24, 2.45) is 0 Å². The summed E-state index contributed by atoms with van der Waals surface area (Å²) < 4.78 is 0. The van der Waals surface area contributed by atoms with E-state index in [0.29, 0.717) is 22.7 Å². The molecule has 0 atom stereocenters. The molecule has 3 rings (SSSR count). The largest absolute Gasteiger partial charge is 0.399 e. The van der Waals surface area contributed by atoms with Crippen LogP contribution in [0.25, 0.3) is 0 Å². The molecule has 0 saturated carbocycles. The number of hydrogen-bond acceptors (Lipinski definition) is 8. The maximum atomic E-state index is 13.2. The lowest BCUT2D eigenvalue weighted by molar-refractivity contribution is 0.100. The summed E-state index contributed by atoms with van der Waals surface area (Å²) in [5.74, 6) is -1.05.